The number of hydrogen-bond donors (Lipinski definition) is 9. The predicted molar refractivity (Wildman–Crippen MR) is 92.6 cm³/mol. The van der Waals surface area contributed by atoms with Gasteiger partial charge in [-0.15, -0.1) is 0 Å². The van der Waals surface area contributed by atoms with E-state index in [1.807, 2.05) is 0 Å². The second-order valence-corrected chi connectivity index (χ2v) is 6.75. The van der Waals surface area contributed by atoms with Gasteiger partial charge < -0.3 is 64.9 Å². The zero-order valence-electron chi connectivity index (χ0n) is 14.9. The van der Waals surface area contributed by atoms with Gasteiger partial charge in [0, 0.05) is 0 Å². The Hall–Kier alpha value is 0.480. The molecule has 0 aliphatic carbocycles. The van der Waals surface area contributed by atoms with E-state index in [1.165, 1.54) is 0 Å². The van der Waals surface area contributed by atoms with E-state index in [2.05, 4.69) is 0 Å². The molecule has 168 valence electrons. The topological polar surface area (TPSA) is 219 Å². The third-order valence-electron chi connectivity index (χ3n) is 4.69. The first-order valence-electron chi connectivity index (χ1n) is 8.70. The Morgan fingerprint density at radius 1 is 0.897 bits per heavy atom. The number of hydrogen-bond acceptors (Lipinski definition) is 13. The molecule has 2 aliphatic heterocycles. The van der Waals surface area contributed by atoms with Crippen molar-refractivity contribution in [3.05, 3.63) is 0 Å². The quantitative estimate of drug-likeness (QED) is 0.152. The second kappa shape index (κ2) is 11.9. The molecule has 10 atom stereocenters. The van der Waals surface area contributed by atoms with Crippen molar-refractivity contribution in [1.29, 1.82) is 0 Å². The molecule has 2 heterocycles. The fourth-order valence-corrected chi connectivity index (χ4v) is 2.99. The fourth-order valence-electron chi connectivity index (χ4n) is 2.99. The molecular formula is C15H29NaO13. The molecule has 13 nitrogen and oxygen atoms in total. The van der Waals surface area contributed by atoms with Crippen LogP contribution in [0.2, 0.25) is 0 Å². The Morgan fingerprint density at radius 2 is 1.55 bits per heavy atom. The maximum atomic E-state index is 10.1. The Bertz CT molecular complexity index is 487. The Kier molecular flexibility index (Phi) is 11.3. The third-order valence-corrected chi connectivity index (χ3v) is 4.69. The second-order valence-electron chi connectivity index (χ2n) is 6.75. The van der Waals surface area contributed by atoms with Crippen LogP contribution in [0.25, 0.3) is 0 Å². The first-order valence-corrected chi connectivity index (χ1v) is 8.70. The van der Waals surface area contributed by atoms with Crippen LogP contribution in [0.15, 0.2) is 0 Å². The fraction of sp³-hybridized carbons (Fsp3) is 1.00. The molecule has 2 fully saturated rings. The summed E-state index contributed by atoms with van der Waals surface area (Å²) < 4.78 is 20.9. The Balaban J connectivity index is 0.00000420. The number of ether oxygens (including phenoxy) is 4. The van der Waals surface area contributed by atoms with Crippen LogP contribution in [0.5, 0.6) is 0 Å². The van der Waals surface area contributed by atoms with Crippen LogP contribution in [0.4, 0.5) is 0 Å². The summed E-state index contributed by atoms with van der Waals surface area (Å²) in [5.74, 6) is -2.26. The summed E-state index contributed by atoms with van der Waals surface area (Å²) in [7, 11) is 0. The summed E-state index contributed by atoms with van der Waals surface area (Å²) in [4.78, 5) is 0. The Labute approximate surface area is 188 Å². The molecule has 0 amide bonds. The SMILES string of the molecule is OCC(O)COC[C@H]1O[C@H](O[C@]2(CO)O[C@H](CO)[C@@H](O)[C@@H]2O)[C@H](O)[C@@H](O)[C@@H]1O.[NaH]. The van der Waals surface area contributed by atoms with Gasteiger partial charge in [0.15, 0.2) is 6.29 Å². The van der Waals surface area contributed by atoms with Crippen LogP contribution in [0.1, 0.15) is 0 Å². The van der Waals surface area contributed by atoms with Crippen molar-refractivity contribution in [2.75, 3.05) is 33.0 Å². The van der Waals surface area contributed by atoms with Gasteiger partial charge in [0.1, 0.15) is 55.4 Å². The van der Waals surface area contributed by atoms with Gasteiger partial charge in [0.2, 0.25) is 5.79 Å². The molecular weight excluding hydrogens is 411 g/mol. The molecule has 9 N–H and O–H groups in total. The molecule has 0 saturated carbocycles. The van der Waals surface area contributed by atoms with Crippen LogP contribution < -0.4 is 0 Å². The van der Waals surface area contributed by atoms with Crippen LogP contribution in [0.3, 0.4) is 0 Å². The Morgan fingerprint density at radius 3 is 2.07 bits per heavy atom. The van der Waals surface area contributed by atoms with E-state index in [4.69, 9.17) is 24.1 Å². The van der Waals surface area contributed by atoms with Crippen molar-refractivity contribution in [2.45, 2.75) is 60.9 Å². The molecule has 0 radical (unpaired) electrons. The van der Waals surface area contributed by atoms with Gasteiger partial charge in [0.05, 0.1) is 26.4 Å². The zero-order chi connectivity index (χ0) is 21.1. The maximum absolute atomic E-state index is 10.1. The van der Waals surface area contributed by atoms with E-state index in [9.17, 15) is 40.9 Å². The van der Waals surface area contributed by atoms with E-state index in [-0.39, 0.29) is 42.8 Å². The molecule has 14 heteroatoms. The van der Waals surface area contributed by atoms with Gasteiger partial charge in [-0.2, -0.15) is 0 Å². The molecule has 2 saturated heterocycles. The van der Waals surface area contributed by atoms with Crippen molar-refractivity contribution < 1.29 is 64.9 Å². The number of rotatable bonds is 9. The van der Waals surface area contributed by atoms with Crippen LogP contribution in [-0.4, -0.2) is 169 Å². The van der Waals surface area contributed by atoms with Gasteiger partial charge in [-0.05, 0) is 0 Å². The van der Waals surface area contributed by atoms with E-state index < -0.39 is 80.7 Å². The summed E-state index contributed by atoms with van der Waals surface area (Å²) in [6.07, 6.45) is -14.0. The predicted octanol–water partition coefficient (Wildman–Crippen LogP) is -6.67. The monoisotopic (exact) mass is 440 g/mol. The summed E-state index contributed by atoms with van der Waals surface area (Å²) in [5.41, 5.74) is 0. The van der Waals surface area contributed by atoms with Crippen LogP contribution >= 0.6 is 0 Å². The third kappa shape index (κ3) is 6.04. The molecule has 0 aromatic heterocycles. The van der Waals surface area contributed by atoms with Gasteiger partial charge in [0.25, 0.3) is 0 Å². The molecule has 1 unspecified atom stereocenters. The molecule has 2 aliphatic rings. The first-order chi connectivity index (χ1) is 13.2. The minimum absolute atomic E-state index is 0. The normalized spacial score (nSPS) is 43.8. The van der Waals surface area contributed by atoms with Crippen molar-refractivity contribution in [2.24, 2.45) is 0 Å². The average Bonchev–Trinajstić information content (AvgIpc) is 2.94. The van der Waals surface area contributed by atoms with E-state index in [0.29, 0.717) is 0 Å². The van der Waals surface area contributed by atoms with Crippen molar-refractivity contribution in [3.63, 3.8) is 0 Å². The molecule has 0 aromatic carbocycles. The van der Waals surface area contributed by atoms with Crippen LogP contribution in [0, 0.1) is 0 Å². The molecule has 2 rings (SSSR count). The molecule has 0 aromatic rings. The summed E-state index contributed by atoms with van der Waals surface area (Å²) >= 11 is 0. The van der Waals surface area contributed by atoms with Crippen molar-refractivity contribution >= 4 is 29.6 Å². The minimum atomic E-state index is -2.26. The molecule has 0 spiro atoms. The van der Waals surface area contributed by atoms with Gasteiger partial charge in [-0.1, -0.05) is 0 Å². The summed E-state index contributed by atoms with van der Waals surface area (Å²) in [6.45, 7) is -2.89. The van der Waals surface area contributed by atoms with Crippen molar-refractivity contribution in [3.8, 4) is 0 Å². The van der Waals surface area contributed by atoms with E-state index >= 15 is 0 Å². The number of aliphatic hydroxyl groups excluding tert-OH is 9. The summed E-state index contributed by atoms with van der Waals surface area (Å²) in [6, 6.07) is 0. The average molecular weight is 440 g/mol. The zero-order valence-corrected chi connectivity index (χ0v) is 14.9. The van der Waals surface area contributed by atoms with E-state index in [0.717, 1.165) is 0 Å². The van der Waals surface area contributed by atoms with Gasteiger partial charge in [-0.25, -0.2) is 0 Å². The molecule has 29 heavy (non-hydrogen) atoms. The first kappa shape index (κ1) is 27.5. The number of aliphatic hydroxyl groups is 9. The van der Waals surface area contributed by atoms with E-state index in [1.54, 1.807) is 0 Å². The standard InChI is InChI=1S/C15H28O13.Na.H/c16-1-6(19)3-25-4-8-9(20)11(22)12(23)14(26-8)28-15(5-18)13(24)10(21)7(2-17)27-15;;/h6-14,16-24H,1-5H2;;/t6?,7-,8-,9-,10-,11+,12-,13+,14-,15+;;/m1../s1. The molecule has 0 bridgehead atoms. The van der Waals surface area contributed by atoms with Gasteiger partial charge >= 0.3 is 29.6 Å². The van der Waals surface area contributed by atoms with Gasteiger partial charge in [-0.3, -0.25) is 0 Å². The summed E-state index contributed by atoms with van der Waals surface area (Å²) in [5, 5.41) is 87.0. The van der Waals surface area contributed by atoms with Crippen molar-refractivity contribution in [1.82, 2.24) is 0 Å². The van der Waals surface area contributed by atoms with Crippen LogP contribution in [-0.2, 0) is 18.9 Å².